The summed E-state index contributed by atoms with van der Waals surface area (Å²) in [4.78, 5) is 13.1. The minimum absolute atomic E-state index is 0.209. The Bertz CT molecular complexity index is 369. The summed E-state index contributed by atoms with van der Waals surface area (Å²) >= 11 is 2.00. The Morgan fingerprint density at radius 1 is 1.41 bits per heavy atom. The maximum Gasteiger partial charge on any atom is 0.218 e. The van der Waals surface area contributed by atoms with Crippen molar-refractivity contribution in [1.29, 1.82) is 0 Å². The molecular weight excluding hydrogens is 232 g/mol. The van der Waals surface area contributed by atoms with Crippen LogP contribution in [0, 0.1) is 0 Å². The number of nitrogens with two attached hydrogens (primary N) is 1. The molecule has 0 aliphatic carbocycles. The van der Waals surface area contributed by atoms with Crippen molar-refractivity contribution in [2.24, 2.45) is 5.73 Å². The topological polar surface area (TPSA) is 46.3 Å². The molecule has 1 amide bonds. The van der Waals surface area contributed by atoms with Gasteiger partial charge in [-0.2, -0.15) is 11.8 Å². The van der Waals surface area contributed by atoms with Crippen LogP contribution in [0.3, 0.4) is 0 Å². The molecule has 0 radical (unpaired) electrons. The fourth-order valence-electron chi connectivity index (χ4n) is 2.04. The van der Waals surface area contributed by atoms with Gasteiger partial charge >= 0.3 is 0 Å². The summed E-state index contributed by atoms with van der Waals surface area (Å²) in [5.74, 6) is 0.915. The molecule has 0 saturated carbocycles. The molecule has 1 heterocycles. The minimum atomic E-state index is -0.209. The lowest BCUT2D eigenvalue weighted by Crippen LogP contribution is -2.36. The molecular formula is C13H18N2OS. The van der Waals surface area contributed by atoms with E-state index >= 15 is 0 Å². The summed E-state index contributed by atoms with van der Waals surface area (Å²) in [7, 11) is 0. The van der Waals surface area contributed by atoms with E-state index in [2.05, 4.69) is 29.2 Å². The maximum absolute atomic E-state index is 10.8. The largest absolute Gasteiger partial charge is 0.370 e. The second kappa shape index (κ2) is 6.07. The van der Waals surface area contributed by atoms with Crippen molar-refractivity contribution in [3.63, 3.8) is 0 Å². The van der Waals surface area contributed by atoms with E-state index in [-0.39, 0.29) is 5.91 Å². The highest BCUT2D eigenvalue weighted by molar-refractivity contribution is 7.99. The van der Waals surface area contributed by atoms with Crippen LogP contribution < -0.4 is 5.73 Å². The Morgan fingerprint density at radius 3 is 2.88 bits per heavy atom. The Hall–Kier alpha value is -1.00. The number of carbonyl (C=O) groups excluding carboxylic acids is 1. The van der Waals surface area contributed by atoms with E-state index < -0.39 is 0 Å². The van der Waals surface area contributed by atoms with E-state index in [4.69, 9.17) is 5.73 Å². The summed E-state index contributed by atoms with van der Waals surface area (Å²) in [5, 5.41) is 0.526. The number of hydrogen-bond donors (Lipinski definition) is 1. The van der Waals surface area contributed by atoms with Gasteiger partial charge in [-0.05, 0) is 5.56 Å². The molecule has 2 rings (SSSR count). The molecule has 0 unspecified atom stereocenters. The highest BCUT2D eigenvalue weighted by Gasteiger charge is 2.21. The molecule has 1 atom stereocenters. The number of thioether (sulfide) groups is 1. The van der Waals surface area contributed by atoms with E-state index in [1.54, 1.807) is 0 Å². The van der Waals surface area contributed by atoms with Crippen LogP contribution in [0.15, 0.2) is 30.3 Å². The summed E-state index contributed by atoms with van der Waals surface area (Å²) < 4.78 is 0. The molecule has 17 heavy (non-hydrogen) atoms. The van der Waals surface area contributed by atoms with E-state index in [1.165, 1.54) is 5.56 Å². The zero-order valence-electron chi connectivity index (χ0n) is 9.84. The van der Waals surface area contributed by atoms with Gasteiger partial charge in [0.05, 0.1) is 0 Å². The highest BCUT2D eigenvalue weighted by Crippen LogP contribution is 2.32. The predicted octanol–water partition coefficient (Wildman–Crippen LogP) is 1.65. The molecule has 3 nitrogen and oxygen atoms in total. The normalized spacial score (nSPS) is 21.3. The molecule has 1 aromatic carbocycles. The van der Waals surface area contributed by atoms with Crippen molar-refractivity contribution in [1.82, 2.24) is 4.90 Å². The quantitative estimate of drug-likeness (QED) is 0.884. The van der Waals surface area contributed by atoms with Crippen molar-refractivity contribution >= 4 is 17.7 Å². The monoisotopic (exact) mass is 250 g/mol. The van der Waals surface area contributed by atoms with Gasteiger partial charge in [0.2, 0.25) is 5.91 Å². The van der Waals surface area contributed by atoms with Gasteiger partial charge in [-0.15, -0.1) is 0 Å². The second-order valence-electron chi connectivity index (χ2n) is 4.29. The third-order valence-corrected chi connectivity index (χ3v) is 4.24. The first-order valence-electron chi connectivity index (χ1n) is 5.93. The van der Waals surface area contributed by atoms with Crippen molar-refractivity contribution in [3.05, 3.63) is 35.9 Å². The molecule has 4 heteroatoms. The molecule has 2 N–H and O–H groups in total. The third kappa shape index (κ3) is 3.75. The first kappa shape index (κ1) is 12.5. The van der Waals surface area contributed by atoms with Crippen LogP contribution in [-0.2, 0) is 4.79 Å². The van der Waals surface area contributed by atoms with Crippen LogP contribution in [-0.4, -0.2) is 36.2 Å². The summed E-state index contributed by atoms with van der Waals surface area (Å²) in [5.41, 5.74) is 6.56. The number of amides is 1. The van der Waals surface area contributed by atoms with E-state index in [9.17, 15) is 4.79 Å². The number of benzene rings is 1. The average Bonchev–Trinajstić information content (AvgIpc) is 2.38. The van der Waals surface area contributed by atoms with Crippen LogP contribution in [0.25, 0.3) is 0 Å². The lowest BCUT2D eigenvalue weighted by molar-refractivity contribution is -0.118. The first-order valence-corrected chi connectivity index (χ1v) is 6.98. The van der Waals surface area contributed by atoms with Crippen LogP contribution in [0.4, 0.5) is 0 Å². The fourth-order valence-corrected chi connectivity index (χ4v) is 3.36. The predicted molar refractivity (Wildman–Crippen MR) is 71.9 cm³/mol. The minimum Gasteiger partial charge on any atom is -0.370 e. The Morgan fingerprint density at radius 2 is 2.18 bits per heavy atom. The molecule has 0 bridgehead atoms. The lowest BCUT2D eigenvalue weighted by Gasteiger charge is -2.32. The van der Waals surface area contributed by atoms with E-state index in [0.29, 0.717) is 11.7 Å². The van der Waals surface area contributed by atoms with Gasteiger partial charge in [0.15, 0.2) is 0 Å². The number of rotatable bonds is 4. The Balaban J connectivity index is 1.91. The standard InChI is InChI=1S/C13H18N2OS/c14-13(16)6-7-15-8-9-17-12(10-15)11-4-2-1-3-5-11/h1-5,12H,6-10H2,(H2,14,16)/t12-/m1/s1. The zero-order chi connectivity index (χ0) is 12.1. The van der Waals surface area contributed by atoms with E-state index in [1.807, 2.05) is 17.8 Å². The molecule has 0 aromatic heterocycles. The molecule has 92 valence electrons. The Kier molecular flexibility index (Phi) is 4.45. The van der Waals surface area contributed by atoms with Crippen molar-refractivity contribution in [3.8, 4) is 0 Å². The number of carbonyl (C=O) groups is 1. The van der Waals surface area contributed by atoms with Gasteiger partial charge in [0.1, 0.15) is 0 Å². The second-order valence-corrected chi connectivity index (χ2v) is 5.60. The van der Waals surface area contributed by atoms with E-state index in [0.717, 1.165) is 25.4 Å². The van der Waals surface area contributed by atoms with Gasteiger partial charge in [-0.25, -0.2) is 0 Å². The first-order chi connectivity index (χ1) is 8.25. The Labute approximate surface area is 106 Å². The van der Waals surface area contributed by atoms with Crippen molar-refractivity contribution in [2.75, 3.05) is 25.4 Å². The third-order valence-electron chi connectivity index (χ3n) is 3.00. The number of primary amides is 1. The van der Waals surface area contributed by atoms with Crippen LogP contribution in [0.1, 0.15) is 17.2 Å². The SMILES string of the molecule is NC(=O)CCN1CCS[C@@H](c2ccccc2)C1. The molecule has 0 spiro atoms. The smallest absolute Gasteiger partial charge is 0.218 e. The molecule has 1 fully saturated rings. The highest BCUT2D eigenvalue weighted by atomic mass is 32.2. The van der Waals surface area contributed by atoms with Crippen LogP contribution >= 0.6 is 11.8 Å². The molecule has 1 aliphatic rings. The lowest BCUT2D eigenvalue weighted by atomic mass is 10.1. The van der Waals surface area contributed by atoms with Crippen LogP contribution in [0.2, 0.25) is 0 Å². The summed E-state index contributed by atoms with van der Waals surface area (Å²) in [6, 6.07) is 10.6. The van der Waals surface area contributed by atoms with Gasteiger partial charge < -0.3 is 10.6 Å². The zero-order valence-corrected chi connectivity index (χ0v) is 10.7. The van der Waals surface area contributed by atoms with Gasteiger partial charge in [0.25, 0.3) is 0 Å². The molecule has 1 aliphatic heterocycles. The fraction of sp³-hybridized carbons (Fsp3) is 0.462. The number of nitrogens with zero attached hydrogens (tertiary/aromatic N) is 1. The van der Waals surface area contributed by atoms with Gasteiger partial charge in [-0.3, -0.25) is 4.79 Å². The summed E-state index contributed by atoms with van der Waals surface area (Å²) in [6.07, 6.45) is 0.464. The maximum atomic E-state index is 10.8. The van der Waals surface area contributed by atoms with Crippen molar-refractivity contribution < 1.29 is 4.79 Å². The summed E-state index contributed by atoms with van der Waals surface area (Å²) in [6.45, 7) is 2.86. The molecule has 1 saturated heterocycles. The van der Waals surface area contributed by atoms with Crippen LogP contribution in [0.5, 0.6) is 0 Å². The molecule has 1 aromatic rings. The average molecular weight is 250 g/mol. The van der Waals surface area contributed by atoms with Gasteiger partial charge in [0, 0.05) is 37.1 Å². The van der Waals surface area contributed by atoms with Gasteiger partial charge in [-0.1, -0.05) is 30.3 Å². The van der Waals surface area contributed by atoms with Crippen molar-refractivity contribution in [2.45, 2.75) is 11.7 Å². The number of hydrogen-bond acceptors (Lipinski definition) is 3.